The maximum atomic E-state index is 11.7. The minimum absolute atomic E-state index is 0.0434. The first-order chi connectivity index (χ1) is 15.1. The molecule has 1 aliphatic heterocycles. The van der Waals surface area contributed by atoms with Gasteiger partial charge < -0.3 is 25.2 Å². The van der Waals surface area contributed by atoms with E-state index in [4.69, 9.17) is 0 Å². The molecule has 3 N–H and O–H groups in total. The number of carbonyl (C=O) groups excluding carboxylic acids is 1. The van der Waals surface area contributed by atoms with Crippen molar-refractivity contribution < 1.29 is 9.90 Å². The topological polar surface area (TPSA) is 108 Å². The van der Waals surface area contributed by atoms with Gasteiger partial charge in [0.15, 0.2) is 6.29 Å². The van der Waals surface area contributed by atoms with Gasteiger partial charge >= 0.3 is 0 Å². The zero-order chi connectivity index (χ0) is 21.4. The fraction of sp³-hybridized carbons (Fsp3) is 0.429. The molecule has 9 nitrogen and oxygen atoms in total. The average Bonchev–Trinajstić information content (AvgIpc) is 3.33. The highest BCUT2D eigenvalue weighted by Gasteiger charge is 2.32. The van der Waals surface area contributed by atoms with Gasteiger partial charge in [0.1, 0.15) is 19.3 Å². The van der Waals surface area contributed by atoms with E-state index in [2.05, 4.69) is 30.5 Å². The van der Waals surface area contributed by atoms with Crippen LogP contribution in [0.4, 0.5) is 17.5 Å². The van der Waals surface area contributed by atoms with Crippen LogP contribution in [0.1, 0.15) is 29.4 Å². The molecular weight excluding hydrogens is 393 g/mol. The summed E-state index contributed by atoms with van der Waals surface area (Å²) in [6.45, 7) is 3.90. The van der Waals surface area contributed by atoms with Crippen molar-refractivity contribution in [1.82, 2.24) is 24.8 Å². The molecule has 1 aliphatic carbocycles. The van der Waals surface area contributed by atoms with Gasteiger partial charge in [-0.2, -0.15) is 4.98 Å². The Morgan fingerprint density at radius 2 is 2.03 bits per heavy atom. The maximum absolute atomic E-state index is 11.7. The lowest BCUT2D eigenvalue weighted by Crippen LogP contribution is -2.43. The number of aromatic nitrogens is 4. The molecule has 0 aromatic carbocycles. The molecule has 2 aliphatic rings. The van der Waals surface area contributed by atoms with Crippen molar-refractivity contribution in [3.05, 3.63) is 36.3 Å². The number of aliphatic hydroxyl groups excluding tert-OH is 1. The fourth-order valence-corrected chi connectivity index (χ4v) is 4.65. The molecule has 0 amide bonds. The Morgan fingerprint density at radius 3 is 2.71 bits per heavy atom. The summed E-state index contributed by atoms with van der Waals surface area (Å²) in [6.07, 6.45) is 5.50. The number of hydrogen-bond donors (Lipinski definition) is 3. The second-order valence-corrected chi connectivity index (χ2v) is 8.46. The van der Waals surface area contributed by atoms with Crippen molar-refractivity contribution in [3.63, 3.8) is 0 Å². The fourth-order valence-electron chi connectivity index (χ4n) is 4.65. The van der Waals surface area contributed by atoms with Crippen molar-refractivity contribution in [1.29, 1.82) is 0 Å². The lowest BCUT2D eigenvalue weighted by atomic mass is 9.84. The molecule has 3 unspecified atom stereocenters. The van der Waals surface area contributed by atoms with Gasteiger partial charge in [0.05, 0.1) is 23.7 Å². The summed E-state index contributed by atoms with van der Waals surface area (Å²) in [5, 5.41) is 17.5. The standard InChI is InChI=1S/C21H26BN7O2/c22-17-8-15(9-18(17)31)29-16(12-30)7-13-10-25-21(27-20(13)29)26-19-2-1-14(11-24-19)28-5-3-23-4-6-28/h1-2,7,10-12,15,17-18,23,31H,3-6,8-9,22H2,(H,24,25,26,27). The second kappa shape index (κ2) is 8.28. The van der Waals surface area contributed by atoms with Crippen LogP contribution in [0, 0.1) is 0 Å². The Kier molecular flexibility index (Phi) is 5.33. The predicted octanol–water partition coefficient (Wildman–Crippen LogP) is 0.909. The number of pyridine rings is 1. The number of nitrogens with one attached hydrogen (secondary N) is 2. The van der Waals surface area contributed by atoms with Gasteiger partial charge in [-0.15, -0.1) is 0 Å². The van der Waals surface area contributed by atoms with Crippen LogP contribution in [0.2, 0.25) is 5.82 Å². The summed E-state index contributed by atoms with van der Waals surface area (Å²) in [4.78, 5) is 27.6. The highest BCUT2D eigenvalue weighted by molar-refractivity contribution is 6.12. The van der Waals surface area contributed by atoms with Gasteiger partial charge in [-0.1, -0.05) is 0 Å². The largest absolute Gasteiger partial charge is 0.394 e. The number of aldehydes is 1. The SMILES string of the molecule is BC1CC(n2c(C=O)cc3cnc(Nc4ccc(N5CCNCC5)cn4)nc32)CC1O. The Balaban J connectivity index is 1.40. The molecule has 10 heteroatoms. The molecule has 160 valence electrons. The molecule has 31 heavy (non-hydrogen) atoms. The van der Waals surface area contributed by atoms with Gasteiger partial charge in [-0.05, 0) is 36.9 Å². The summed E-state index contributed by atoms with van der Waals surface area (Å²) >= 11 is 0. The minimum atomic E-state index is -0.361. The van der Waals surface area contributed by atoms with E-state index in [1.165, 1.54) is 0 Å². The first-order valence-corrected chi connectivity index (χ1v) is 10.8. The first-order valence-electron chi connectivity index (χ1n) is 10.8. The third kappa shape index (κ3) is 3.88. The summed E-state index contributed by atoms with van der Waals surface area (Å²) in [5.41, 5.74) is 2.36. The van der Waals surface area contributed by atoms with E-state index in [9.17, 15) is 9.90 Å². The lowest BCUT2D eigenvalue weighted by molar-refractivity contribution is 0.111. The molecule has 1 saturated heterocycles. The van der Waals surface area contributed by atoms with Crippen LogP contribution in [-0.2, 0) is 0 Å². The van der Waals surface area contributed by atoms with Gasteiger partial charge in [0.25, 0.3) is 0 Å². The van der Waals surface area contributed by atoms with Crippen molar-refractivity contribution in [3.8, 4) is 0 Å². The molecule has 5 rings (SSSR count). The highest BCUT2D eigenvalue weighted by Crippen LogP contribution is 2.39. The summed E-state index contributed by atoms with van der Waals surface area (Å²) in [6, 6.07) is 5.83. The Bertz CT molecular complexity index is 1070. The molecule has 4 heterocycles. The van der Waals surface area contributed by atoms with Crippen LogP contribution in [0.25, 0.3) is 11.0 Å². The number of fused-ring (bicyclic) bond motifs is 1. The van der Waals surface area contributed by atoms with E-state index in [0.29, 0.717) is 29.5 Å². The Hall–Kier alpha value is -2.98. The van der Waals surface area contributed by atoms with Crippen LogP contribution < -0.4 is 15.5 Å². The van der Waals surface area contributed by atoms with Crippen molar-refractivity contribution >= 4 is 42.6 Å². The minimum Gasteiger partial charge on any atom is -0.394 e. The van der Waals surface area contributed by atoms with Crippen molar-refractivity contribution in [2.75, 3.05) is 36.4 Å². The summed E-state index contributed by atoms with van der Waals surface area (Å²) in [7, 11) is 2.04. The van der Waals surface area contributed by atoms with Crippen LogP contribution in [0.5, 0.6) is 0 Å². The van der Waals surface area contributed by atoms with Gasteiger partial charge in [-0.3, -0.25) is 4.79 Å². The monoisotopic (exact) mass is 419 g/mol. The van der Waals surface area contributed by atoms with Crippen molar-refractivity contribution in [2.24, 2.45) is 0 Å². The van der Waals surface area contributed by atoms with Crippen molar-refractivity contribution in [2.45, 2.75) is 30.8 Å². The normalized spacial score (nSPS) is 23.9. The lowest BCUT2D eigenvalue weighted by Gasteiger charge is -2.29. The quantitative estimate of drug-likeness (QED) is 0.414. The van der Waals surface area contributed by atoms with E-state index in [0.717, 1.165) is 50.0 Å². The zero-order valence-electron chi connectivity index (χ0n) is 17.5. The maximum Gasteiger partial charge on any atom is 0.230 e. The summed E-state index contributed by atoms with van der Waals surface area (Å²) in [5.74, 6) is 1.29. The van der Waals surface area contributed by atoms with Crippen LogP contribution in [0.3, 0.4) is 0 Å². The van der Waals surface area contributed by atoms with E-state index >= 15 is 0 Å². The molecule has 0 bridgehead atoms. The third-order valence-electron chi connectivity index (χ3n) is 6.38. The van der Waals surface area contributed by atoms with Gasteiger partial charge in [-0.25, -0.2) is 9.97 Å². The second-order valence-electron chi connectivity index (χ2n) is 8.46. The first kappa shape index (κ1) is 20.0. The molecule has 3 atom stereocenters. The van der Waals surface area contributed by atoms with Crippen LogP contribution in [0.15, 0.2) is 30.6 Å². The van der Waals surface area contributed by atoms with E-state index in [1.807, 2.05) is 36.8 Å². The van der Waals surface area contributed by atoms with Gasteiger partial charge in [0, 0.05) is 43.8 Å². The number of hydrogen-bond acceptors (Lipinski definition) is 8. The number of anilines is 3. The molecule has 0 radical (unpaired) electrons. The van der Waals surface area contributed by atoms with Crippen LogP contribution >= 0.6 is 0 Å². The van der Waals surface area contributed by atoms with Gasteiger partial charge in [0.2, 0.25) is 5.95 Å². The number of nitrogens with zero attached hydrogens (tertiary/aromatic N) is 5. The third-order valence-corrected chi connectivity index (χ3v) is 6.38. The molecule has 2 fully saturated rings. The number of rotatable bonds is 5. The Morgan fingerprint density at radius 1 is 1.19 bits per heavy atom. The van der Waals surface area contributed by atoms with Crippen LogP contribution in [-0.4, -0.2) is 71.0 Å². The molecule has 3 aromatic rings. The number of carbonyl (C=O) groups is 1. The molecule has 1 saturated carbocycles. The smallest absolute Gasteiger partial charge is 0.230 e. The molecular formula is C21H26BN7O2. The zero-order valence-corrected chi connectivity index (χ0v) is 17.5. The van der Waals surface area contributed by atoms with E-state index < -0.39 is 0 Å². The molecule has 3 aromatic heterocycles. The van der Waals surface area contributed by atoms with E-state index in [1.54, 1.807) is 6.20 Å². The average molecular weight is 419 g/mol. The highest BCUT2D eigenvalue weighted by atomic mass is 16.3. The summed E-state index contributed by atoms with van der Waals surface area (Å²) < 4.78 is 1.95. The predicted molar refractivity (Wildman–Crippen MR) is 122 cm³/mol. The number of piperazine rings is 1. The Labute approximate surface area is 181 Å². The van der Waals surface area contributed by atoms with E-state index in [-0.39, 0.29) is 18.0 Å². The number of aliphatic hydroxyl groups is 1. The molecule has 0 spiro atoms.